The van der Waals surface area contributed by atoms with Gasteiger partial charge in [0.05, 0.1) is 18.6 Å². The van der Waals surface area contributed by atoms with E-state index < -0.39 is 22.8 Å². The van der Waals surface area contributed by atoms with Crippen LogP contribution >= 0.6 is 0 Å². The smallest absolute Gasteiger partial charge is 0.330 e. The third-order valence-corrected chi connectivity index (χ3v) is 4.93. The van der Waals surface area contributed by atoms with Gasteiger partial charge in [0.2, 0.25) is 0 Å². The molecule has 6 nitrogen and oxygen atoms in total. The summed E-state index contributed by atoms with van der Waals surface area (Å²) < 4.78 is 5.59. The molecule has 1 aliphatic rings. The fraction of sp³-hybridized carbons (Fsp3) is 0.500. The van der Waals surface area contributed by atoms with Crippen molar-refractivity contribution in [2.75, 3.05) is 6.61 Å². The molecule has 0 saturated heterocycles. The summed E-state index contributed by atoms with van der Waals surface area (Å²) in [5.74, 6) is -1.52. The van der Waals surface area contributed by atoms with Gasteiger partial charge in [-0.15, -0.1) is 0 Å². The Balaban J connectivity index is 2.24. The molecular weight excluding hydrogens is 308 g/mol. The van der Waals surface area contributed by atoms with Crippen LogP contribution in [0, 0.1) is 16.7 Å². The summed E-state index contributed by atoms with van der Waals surface area (Å²) in [5.41, 5.74) is -1.03. The lowest BCUT2D eigenvalue weighted by Crippen LogP contribution is -2.76. The molecule has 0 aromatic heterocycles. The first-order valence-electron chi connectivity index (χ1n) is 7.92. The number of rotatable bonds is 6. The molecule has 1 saturated carbocycles. The Bertz CT molecular complexity index is 693. The maximum atomic E-state index is 12.6. The molecule has 0 bridgehead atoms. The largest absolute Gasteiger partial charge is 0.479 e. The number of hydrogen-bond donors (Lipinski definition) is 2. The van der Waals surface area contributed by atoms with Gasteiger partial charge >= 0.3 is 5.97 Å². The van der Waals surface area contributed by atoms with Crippen LogP contribution in [0.25, 0.3) is 0 Å². The van der Waals surface area contributed by atoms with Crippen molar-refractivity contribution in [2.24, 2.45) is 5.41 Å². The van der Waals surface area contributed by atoms with Crippen LogP contribution in [-0.2, 0) is 16.0 Å². The lowest BCUT2D eigenvalue weighted by atomic mass is 9.54. The summed E-state index contributed by atoms with van der Waals surface area (Å²) in [6.07, 6.45) is 0.208. The van der Waals surface area contributed by atoms with E-state index in [0.717, 1.165) is 5.56 Å². The van der Waals surface area contributed by atoms with E-state index in [1.165, 1.54) is 0 Å². The van der Waals surface area contributed by atoms with Crippen LogP contribution in [0.3, 0.4) is 0 Å². The van der Waals surface area contributed by atoms with Crippen LogP contribution in [0.4, 0.5) is 0 Å². The number of nitrogens with zero attached hydrogens (tertiary/aromatic N) is 1. The van der Waals surface area contributed by atoms with Crippen LogP contribution < -0.4 is 5.32 Å². The first-order chi connectivity index (χ1) is 11.3. The third-order valence-electron chi connectivity index (χ3n) is 4.93. The molecule has 6 heteroatoms. The average molecular weight is 330 g/mol. The summed E-state index contributed by atoms with van der Waals surface area (Å²) in [7, 11) is 0. The maximum absolute atomic E-state index is 12.6. The number of ether oxygens (including phenoxy) is 1. The Kier molecular flexibility index (Phi) is 4.95. The van der Waals surface area contributed by atoms with Gasteiger partial charge in [-0.1, -0.05) is 26.0 Å². The number of nitrogens with one attached hydrogen (secondary N) is 1. The molecule has 128 valence electrons. The second-order valence-corrected chi connectivity index (χ2v) is 6.57. The molecule has 0 aliphatic heterocycles. The van der Waals surface area contributed by atoms with Gasteiger partial charge in [-0.25, -0.2) is 4.79 Å². The minimum Gasteiger partial charge on any atom is -0.479 e. The summed E-state index contributed by atoms with van der Waals surface area (Å²) in [5, 5.41) is 21.2. The zero-order valence-corrected chi connectivity index (χ0v) is 14.1. The first-order valence-corrected chi connectivity index (χ1v) is 7.92. The Morgan fingerprint density at radius 2 is 2.17 bits per heavy atom. The maximum Gasteiger partial charge on any atom is 0.330 e. The van der Waals surface area contributed by atoms with E-state index in [2.05, 4.69) is 5.32 Å². The van der Waals surface area contributed by atoms with Gasteiger partial charge in [0.1, 0.15) is 5.54 Å². The van der Waals surface area contributed by atoms with Crippen molar-refractivity contribution < 1.29 is 19.4 Å². The van der Waals surface area contributed by atoms with E-state index in [9.17, 15) is 14.7 Å². The molecule has 24 heavy (non-hydrogen) atoms. The minimum atomic E-state index is -1.37. The molecule has 0 radical (unpaired) electrons. The second-order valence-electron chi connectivity index (χ2n) is 6.57. The number of amides is 1. The van der Waals surface area contributed by atoms with Gasteiger partial charge in [-0.2, -0.15) is 5.26 Å². The van der Waals surface area contributed by atoms with Crippen molar-refractivity contribution in [3.05, 3.63) is 35.4 Å². The molecule has 1 amide bonds. The monoisotopic (exact) mass is 330 g/mol. The average Bonchev–Trinajstić information content (AvgIpc) is 2.53. The van der Waals surface area contributed by atoms with Gasteiger partial charge in [-0.05, 0) is 24.6 Å². The molecule has 0 heterocycles. The number of nitriles is 1. The normalized spacial score (nSPS) is 24.5. The number of carbonyl (C=O) groups excluding carboxylic acids is 1. The van der Waals surface area contributed by atoms with Gasteiger partial charge < -0.3 is 15.2 Å². The van der Waals surface area contributed by atoms with Crippen molar-refractivity contribution in [1.29, 1.82) is 5.26 Å². The Hall–Kier alpha value is -2.39. The van der Waals surface area contributed by atoms with E-state index in [-0.39, 0.29) is 18.9 Å². The fourth-order valence-electron chi connectivity index (χ4n) is 3.22. The highest BCUT2D eigenvalue weighted by Gasteiger charge is 2.66. The van der Waals surface area contributed by atoms with Crippen molar-refractivity contribution in [3.8, 4) is 6.07 Å². The molecule has 2 unspecified atom stereocenters. The lowest BCUT2D eigenvalue weighted by Gasteiger charge is -2.58. The van der Waals surface area contributed by atoms with Crippen molar-refractivity contribution in [2.45, 2.75) is 45.3 Å². The van der Waals surface area contributed by atoms with Gasteiger partial charge in [0.25, 0.3) is 5.91 Å². The van der Waals surface area contributed by atoms with E-state index >= 15 is 0 Å². The molecule has 0 spiro atoms. The fourth-order valence-corrected chi connectivity index (χ4v) is 3.22. The van der Waals surface area contributed by atoms with Crippen LogP contribution in [0.15, 0.2) is 24.3 Å². The van der Waals surface area contributed by atoms with E-state index in [1.807, 2.05) is 13.0 Å². The predicted molar refractivity (Wildman–Crippen MR) is 87.4 cm³/mol. The quantitative estimate of drug-likeness (QED) is 0.832. The highest BCUT2D eigenvalue weighted by molar-refractivity contribution is 5.99. The Morgan fingerprint density at radius 1 is 1.46 bits per heavy atom. The number of carboxylic acid groups (broad SMARTS) is 1. The zero-order valence-electron chi connectivity index (χ0n) is 14.1. The van der Waals surface area contributed by atoms with E-state index in [4.69, 9.17) is 10.00 Å². The summed E-state index contributed by atoms with van der Waals surface area (Å²) in [6, 6.07) is 8.69. The molecule has 1 aromatic rings. The number of benzene rings is 1. The zero-order chi connectivity index (χ0) is 18.0. The van der Waals surface area contributed by atoms with Gasteiger partial charge in [-0.3, -0.25) is 4.79 Å². The summed E-state index contributed by atoms with van der Waals surface area (Å²) >= 11 is 0. The minimum absolute atomic E-state index is 0.198. The van der Waals surface area contributed by atoms with E-state index in [0.29, 0.717) is 12.2 Å². The molecule has 1 aromatic carbocycles. The first kappa shape index (κ1) is 18.0. The van der Waals surface area contributed by atoms with Gasteiger partial charge in [0.15, 0.2) is 0 Å². The summed E-state index contributed by atoms with van der Waals surface area (Å²) in [4.78, 5) is 24.5. The van der Waals surface area contributed by atoms with Crippen molar-refractivity contribution >= 4 is 11.9 Å². The SMILES string of the molecule is CCOC1CC(NC(=O)c2cccc(CC#N)c2)(C(=O)O)C1(C)C. The topological polar surface area (TPSA) is 99.4 Å². The number of carboxylic acids is 1. The summed E-state index contributed by atoms with van der Waals surface area (Å²) in [6.45, 7) is 5.93. The van der Waals surface area contributed by atoms with Crippen molar-refractivity contribution in [1.82, 2.24) is 5.32 Å². The van der Waals surface area contributed by atoms with Gasteiger partial charge in [0, 0.05) is 24.0 Å². The molecule has 1 aliphatic carbocycles. The molecule has 2 atom stereocenters. The Labute approximate surface area is 141 Å². The highest BCUT2D eigenvalue weighted by Crippen LogP contribution is 2.51. The lowest BCUT2D eigenvalue weighted by molar-refractivity contribution is -0.190. The molecular formula is C18H22N2O4. The number of aliphatic carboxylic acids is 1. The second kappa shape index (κ2) is 6.62. The molecule has 2 rings (SSSR count). The number of hydrogen-bond acceptors (Lipinski definition) is 4. The van der Waals surface area contributed by atoms with Crippen molar-refractivity contribution in [3.63, 3.8) is 0 Å². The standard InChI is InChI=1S/C18H22N2O4/c1-4-24-14-11-18(16(22)23,17(14,2)3)20-15(21)13-7-5-6-12(10-13)8-9-19/h5-7,10,14H,4,8,11H2,1-3H3,(H,20,21)(H,22,23). The molecule has 2 N–H and O–H groups in total. The third kappa shape index (κ3) is 2.87. The Morgan fingerprint density at radius 3 is 2.71 bits per heavy atom. The van der Waals surface area contributed by atoms with E-state index in [1.54, 1.807) is 38.1 Å². The van der Waals surface area contributed by atoms with Crippen LogP contribution in [-0.4, -0.2) is 35.2 Å². The number of carbonyl (C=O) groups is 2. The van der Waals surface area contributed by atoms with Crippen LogP contribution in [0.5, 0.6) is 0 Å². The van der Waals surface area contributed by atoms with Crippen LogP contribution in [0.2, 0.25) is 0 Å². The highest BCUT2D eigenvalue weighted by atomic mass is 16.5. The van der Waals surface area contributed by atoms with Crippen LogP contribution in [0.1, 0.15) is 43.1 Å². The predicted octanol–water partition coefficient (Wildman–Crippen LogP) is 2.14. The molecule has 1 fully saturated rings.